The van der Waals surface area contributed by atoms with Crippen LogP contribution in [0.5, 0.6) is 5.75 Å². The quantitative estimate of drug-likeness (QED) is 0.175. The lowest BCUT2D eigenvalue weighted by Crippen LogP contribution is -2.22. The Hall–Kier alpha value is -3.30. The largest absolute Gasteiger partial charge is 0.497 e. The Morgan fingerprint density at radius 2 is 1.91 bits per heavy atom. The van der Waals surface area contributed by atoms with Crippen molar-refractivity contribution in [2.24, 2.45) is 0 Å². The molecule has 0 N–H and O–H groups in total. The van der Waals surface area contributed by atoms with E-state index in [1.165, 1.54) is 73.3 Å². The average molecular weight is 450 g/mol. The summed E-state index contributed by atoms with van der Waals surface area (Å²) in [4.78, 5) is 0. The number of thiophene rings is 1. The minimum atomic E-state index is 0.907. The molecule has 0 bridgehead atoms. The van der Waals surface area contributed by atoms with Gasteiger partial charge in [-0.05, 0) is 29.2 Å². The van der Waals surface area contributed by atoms with Crippen molar-refractivity contribution in [1.82, 2.24) is 0 Å². The summed E-state index contributed by atoms with van der Waals surface area (Å²) in [5.41, 5.74) is 7.92. The molecule has 0 radical (unpaired) electrons. The summed E-state index contributed by atoms with van der Waals surface area (Å²) in [7, 11) is 1.73. The third kappa shape index (κ3) is 3.30. The third-order valence-electron chi connectivity index (χ3n) is 7.03. The summed E-state index contributed by atoms with van der Waals surface area (Å²) < 4.78 is 10.3. The molecule has 0 amide bonds. The molecule has 0 atom stereocenters. The van der Waals surface area contributed by atoms with Gasteiger partial charge in [0.15, 0.2) is 4.70 Å². The van der Waals surface area contributed by atoms with Crippen molar-refractivity contribution >= 4 is 38.2 Å². The van der Waals surface area contributed by atoms with Crippen molar-refractivity contribution in [1.29, 1.82) is 0 Å². The summed E-state index contributed by atoms with van der Waals surface area (Å²) in [5, 5.41) is 2.64. The Bertz CT molecular complexity index is 1490. The van der Waals surface area contributed by atoms with Gasteiger partial charge in [-0.1, -0.05) is 90.1 Å². The zero-order chi connectivity index (χ0) is 22.5. The molecule has 1 aliphatic carbocycles. The van der Waals surface area contributed by atoms with E-state index < -0.39 is 0 Å². The molecule has 4 aromatic rings. The lowest BCUT2D eigenvalue weighted by Gasteiger charge is -2.31. The number of rotatable bonds is 3. The second-order valence-electron chi connectivity index (χ2n) is 9.02. The first kappa shape index (κ1) is 20.3. The maximum Gasteiger partial charge on any atom is 0.159 e. The first-order valence-corrected chi connectivity index (χ1v) is 12.4. The first-order chi connectivity index (χ1) is 16.1. The van der Waals surface area contributed by atoms with Crippen LogP contribution in [0.2, 0.25) is 0 Å². The number of allylic oxidation sites excluding steroid dienone is 2. The predicted molar refractivity (Wildman–Crippen MR) is 140 cm³/mol. The molecule has 3 heteroatoms. The highest BCUT2D eigenvalue weighted by molar-refractivity contribution is 7.25. The lowest BCUT2D eigenvalue weighted by atomic mass is 9.81. The molecule has 33 heavy (non-hydrogen) atoms. The highest BCUT2D eigenvalue weighted by Gasteiger charge is 2.29. The van der Waals surface area contributed by atoms with Crippen LogP contribution in [0.4, 0.5) is 0 Å². The number of benzene rings is 3. The highest BCUT2D eigenvalue weighted by atomic mass is 32.1. The molecule has 6 rings (SSSR count). The van der Waals surface area contributed by atoms with E-state index in [2.05, 4.69) is 73.0 Å². The van der Waals surface area contributed by atoms with Crippen LogP contribution in [0.1, 0.15) is 36.8 Å². The van der Waals surface area contributed by atoms with Gasteiger partial charge < -0.3 is 4.74 Å². The van der Waals surface area contributed by atoms with Crippen LogP contribution >= 0.6 is 11.3 Å². The number of para-hydroxylation sites is 1. The van der Waals surface area contributed by atoms with Gasteiger partial charge in [0, 0.05) is 0 Å². The molecule has 0 saturated heterocycles. The van der Waals surface area contributed by atoms with E-state index >= 15 is 0 Å². The number of aryl methyl sites for hydroxylation is 1. The van der Waals surface area contributed by atoms with Crippen molar-refractivity contribution in [2.75, 3.05) is 7.11 Å². The van der Waals surface area contributed by atoms with Crippen LogP contribution in [0.25, 0.3) is 31.3 Å². The molecule has 2 heterocycles. The SMILES string of the molecule is C=[N+]1C=CC2=C(CCCC2)[C-]1c1cc2c(cc1C)[s+][c-]1cc(-c3ccccc3OC)ccc21. The molecule has 0 saturated carbocycles. The van der Waals surface area contributed by atoms with Gasteiger partial charge in [0.05, 0.1) is 13.8 Å². The van der Waals surface area contributed by atoms with E-state index in [9.17, 15) is 0 Å². The molecule has 1 aromatic heterocycles. The minimum absolute atomic E-state index is 0.907. The average Bonchev–Trinajstić information content (AvgIpc) is 3.20. The number of nitrogens with zero attached hydrogens (tertiary/aromatic N) is 1. The summed E-state index contributed by atoms with van der Waals surface area (Å²) in [6, 6.07) is 21.1. The van der Waals surface area contributed by atoms with Crippen molar-refractivity contribution in [3.63, 3.8) is 0 Å². The van der Waals surface area contributed by atoms with Gasteiger partial charge in [0.25, 0.3) is 0 Å². The summed E-state index contributed by atoms with van der Waals surface area (Å²) >= 11 is 1.87. The fraction of sp³-hybridized carbons (Fsp3) is 0.200. The molecule has 0 spiro atoms. The molecule has 0 unspecified atom stereocenters. The van der Waals surface area contributed by atoms with Crippen LogP contribution < -0.4 is 4.74 Å². The van der Waals surface area contributed by atoms with Crippen LogP contribution in [0.3, 0.4) is 0 Å². The van der Waals surface area contributed by atoms with E-state index in [1.807, 2.05) is 23.5 Å². The van der Waals surface area contributed by atoms with Gasteiger partial charge >= 0.3 is 0 Å². The number of methoxy groups -OCH3 is 1. The number of ether oxygens (including phenoxy) is 1. The number of fused-ring (bicyclic) bond motifs is 3. The second-order valence-corrected chi connectivity index (χ2v) is 10.1. The normalized spacial score (nSPS) is 16.1. The Morgan fingerprint density at radius 1 is 1.06 bits per heavy atom. The molecule has 164 valence electrons. The van der Waals surface area contributed by atoms with Crippen LogP contribution in [0.15, 0.2) is 78.0 Å². The number of hydrogen-bond donors (Lipinski definition) is 0. The van der Waals surface area contributed by atoms with Crippen molar-refractivity contribution < 1.29 is 9.31 Å². The van der Waals surface area contributed by atoms with Gasteiger partial charge in [-0.15, -0.1) is 18.2 Å². The van der Waals surface area contributed by atoms with E-state index in [1.54, 1.807) is 7.11 Å². The van der Waals surface area contributed by atoms with Gasteiger partial charge in [-0.2, -0.15) is 0 Å². The predicted octanol–water partition coefficient (Wildman–Crippen LogP) is 8.03. The fourth-order valence-corrected chi connectivity index (χ4v) is 6.58. The lowest BCUT2D eigenvalue weighted by molar-refractivity contribution is -0.421. The zero-order valence-electron chi connectivity index (χ0n) is 19.2. The Labute approximate surface area is 199 Å². The van der Waals surface area contributed by atoms with E-state index in [0.29, 0.717) is 0 Å². The number of hydrogen-bond acceptors (Lipinski definition) is 1. The zero-order valence-corrected chi connectivity index (χ0v) is 20.0. The third-order valence-corrected chi connectivity index (χ3v) is 8.15. The maximum atomic E-state index is 5.60. The van der Waals surface area contributed by atoms with Crippen molar-refractivity contribution in [3.8, 4) is 16.9 Å². The maximum absolute atomic E-state index is 5.60. The minimum Gasteiger partial charge on any atom is -0.497 e. The highest BCUT2D eigenvalue weighted by Crippen LogP contribution is 2.44. The van der Waals surface area contributed by atoms with E-state index in [0.717, 1.165) is 17.7 Å². The monoisotopic (exact) mass is 449 g/mol. The molecule has 2 aliphatic rings. The Morgan fingerprint density at radius 3 is 2.79 bits per heavy atom. The summed E-state index contributed by atoms with van der Waals surface area (Å²) in [6.07, 6.45) is 9.27. The molecular formula is C30H27NOS. The van der Waals surface area contributed by atoms with Gasteiger partial charge in [0.1, 0.15) is 34.0 Å². The second kappa shape index (κ2) is 7.93. The fourth-order valence-electron chi connectivity index (χ4n) is 5.36. The van der Waals surface area contributed by atoms with E-state index in [4.69, 9.17) is 4.74 Å². The topological polar surface area (TPSA) is 12.2 Å². The molecular weight excluding hydrogens is 422 g/mol. The molecule has 3 aromatic carbocycles. The molecule has 0 fully saturated rings. The van der Waals surface area contributed by atoms with Crippen LogP contribution in [0, 0.1) is 13.0 Å². The van der Waals surface area contributed by atoms with Crippen LogP contribution in [-0.2, 0) is 0 Å². The van der Waals surface area contributed by atoms with Crippen LogP contribution in [-0.4, -0.2) is 18.4 Å². The van der Waals surface area contributed by atoms with Gasteiger partial charge in [-0.3, -0.25) is 4.58 Å². The van der Waals surface area contributed by atoms with E-state index in [-0.39, 0.29) is 0 Å². The van der Waals surface area contributed by atoms with Crippen molar-refractivity contribution in [3.05, 3.63) is 95.2 Å². The Kier molecular flexibility index (Phi) is 4.88. The van der Waals surface area contributed by atoms with Gasteiger partial charge in [0.2, 0.25) is 0 Å². The summed E-state index contributed by atoms with van der Waals surface area (Å²) in [6.45, 7) is 6.58. The smallest absolute Gasteiger partial charge is 0.159 e. The standard InChI is InChI=1S/C30H27NOS/c1-19-16-28-26(18-25(19)30-23-10-5-4-8-20(23)14-15-31(30)2)24-13-12-21(17-29(24)33-28)22-9-6-7-11-27(22)32-3/h6-7,9,11-18H,2,4-5,8,10H2,1,3H3. The molecule has 1 aliphatic heterocycles. The molecule has 2 nitrogen and oxygen atoms in total. The Balaban J connectivity index is 1.50. The van der Waals surface area contributed by atoms with Crippen molar-refractivity contribution in [2.45, 2.75) is 32.6 Å². The first-order valence-electron chi connectivity index (χ1n) is 11.6. The summed E-state index contributed by atoms with van der Waals surface area (Å²) in [5.74, 6) is 0.907. The van der Waals surface area contributed by atoms with Gasteiger partial charge in [-0.25, -0.2) is 0 Å².